The van der Waals surface area contributed by atoms with Crippen LogP contribution < -0.4 is 0 Å². The van der Waals surface area contributed by atoms with Gasteiger partial charge in [-0.25, -0.2) is 4.57 Å². The first-order valence-corrected chi connectivity index (χ1v) is 12.9. The minimum Gasteiger partial charge on any atom is -0.388 e. The number of aliphatic hydroxyl groups excluding tert-OH is 1. The summed E-state index contributed by atoms with van der Waals surface area (Å²) in [7, 11) is -4.51. The molecule has 0 aromatic heterocycles. The SMILES string of the molecule is CCCCCCCCCCCCCCCCCCOCC(O)COP(=O)(O)O. The maximum atomic E-state index is 10.5. The summed E-state index contributed by atoms with van der Waals surface area (Å²) in [5.41, 5.74) is 0. The molecule has 0 aliphatic carbocycles. The number of hydrogen-bond acceptors (Lipinski definition) is 4. The van der Waals surface area contributed by atoms with Crippen molar-refractivity contribution in [3.63, 3.8) is 0 Å². The summed E-state index contributed by atoms with van der Waals surface area (Å²) in [5, 5.41) is 9.45. The molecule has 28 heavy (non-hydrogen) atoms. The summed E-state index contributed by atoms with van der Waals surface area (Å²) >= 11 is 0. The number of phosphoric ester groups is 1. The van der Waals surface area contributed by atoms with Gasteiger partial charge in [-0.3, -0.25) is 4.52 Å². The van der Waals surface area contributed by atoms with Gasteiger partial charge in [0.1, 0.15) is 6.10 Å². The number of aliphatic hydroxyl groups is 1. The minimum absolute atomic E-state index is 0.0404. The van der Waals surface area contributed by atoms with E-state index >= 15 is 0 Å². The summed E-state index contributed by atoms with van der Waals surface area (Å²) in [6.45, 7) is 2.45. The molecule has 3 N–H and O–H groups in total. The topological polar surface area (TPSA) is 96.2 Å². The fraction of sp³-hybridized carbons (Fsp3) is 1.00. The molecule has 0 aliphatic heterocycles. The van der Waals surface area contributed by atoms with Crippen LogP contribution in [0.4, 0.5) is 0 Å². The Morgan fingerprint density at radius 3 is 1.46 bits per heavy atom. The lowest BCUT2D eigenvalue weighted by Gasteiger charge is -2.12. The second-order valence-electron chi connectivity index (χ2n) is 7.82. The number of rotatable bonds is 22. The molecule has 0 aliphatic rings. The molecule has 0 bridgehead atoms. The molecule has 1 unspecified atom stereocenters. The summed E-state index contributed by atoms with van der Waals surface area (Å²) < 4.78 is 20.0. The van der Waals surface area contributed by atoms with E-state index in [0.29, 0.717) is 6.61 Å². The van der Waals surface area contributed by atoms with Gasteiger partial charge in [-0.1, -0.05) is 103 Å². The second-order valence-corrected chi connectivity index (χ2v) is 9.06. The van der Waals surface area contributed by atoms with Gasteiger partial charge in [0.25, 0.3) is 0 Å². The van der Waals surface area contributed by atoms with Gasteiger partial charge in [-0.2, -0.15) is 0 Å². The highest BCUT2D eigenvalue weighted by atomic mass is 31.2. The van der Waals surface area contributed by atoms with E-state index in [1.54, 1.807) is 0 Å². The molecule has 0 aromatic carbocycles. The van der Waals surface area contributed by atoms with Gasteiger partial charge in [-0.15, -0.1) is 0 Å². The number of hydrogen-bond donors (Lipinski definition) is 3. The Kier molecular flexibility index (Phi) is 20.3. The fourth-order valence-corrected chi connectivity index (χ4v) is 3.57. The Hall–Kier alpha value is 0.0300. The van der Waals surface area contributed by atoms with Crippen molar-refractivity contribution in [3.8, 4) is 0 Å². The predicted octanol–water partition coefficient (Wildman–Crippen LogP) is 5.73. The van der Waals surface area contributed by atoms with Crippen molar-refractivity contribution in [2.45, 2.75) is 116 Å². The lowest BCUT2D eigenvalue weighted by atomic mass is 10.0. The molecular formula is C21H45O6P. The summed E-state index contributed by atoms with van der Waals surface area (Å²) in [5.74, 6) is 0. The molecule has 1 atom stereocenters. The standard InChI is InChI=1S/C21H45O6P/c1-2-3-4-5-6-7-8-9-10-11-12-13-14-15-16-17-18-26-19-21(22)20-27-28(23,24)25/h21-22H,2-20H2,1H3,(H2,23,24,25). The first kappa shape index (κ1) is 28.0. The van der Waals surface area contributed by atoms with E-state index in [4.69, 9.17) is 14.5 Å². The highest BCUT2D eigenvalue weighted by Crippen LogP contribution is 2.35. The van der Waals surface area contributed by atoms with Gasteiger partial charge < -0.3 is 19.6 Å². The molecule has 7 heteroatoms. The van der Waals surface area contributed by atoms with E-state index in [-0.39, 0.29) is 6.61 Å². The van der Waals surface area contributed by atoms with Gasteiger partial charge in [0.05, 0.1) is 13.2 Å². The normalized spacial score (nSPS) is 13.1. The molecule has 0 aromatic rings. The lowest BCUT2D eigenvalue weighted by molar-refractivity contribution is 0.00476. The molecule has 0 heterocycles. The molecule has 0 rings (SSSR count). The maximum absolute atomic E-state index is 10.5. The molecule has 0 saturated heterocycles. The molecular weight excluding hydrogens is 379 g/mol. The molecule has 0 radical (unpaired) electrons. The van der Waals surface area contributed by atoms with Crippen molar-refractivity contribution in [1.82, 2.24) is 0 Å². The lowest BCUT2D eigenvalue weighted by Crippen LogP contribution is -2.21. The second kappa shape index (κ2) is 20.3. The predicted molar refractivity (Wildman–Crippen MR) is 114 cm³/mol. The van der Waals surface area contributed by atoms with Crippen molar-refractivity contribution in [2.24, 2.45) is 0 Å². The average Bonchev–Trinajstić information content (AvgIpc) is 2.65. The first-order valence-electron chi connectivity index (χ1n) is 11.4. The first-order chi connectivity index (χ1) is 13.5. The molecule has 170 valence electrons. The van der Waals surface area contributed by atoms with Gasteiger partial charge in [0, 0.05) is 6.61 Å². The zero-order valence-electron chi connectivity index (χ0n) is 18.0. The van der Waals surface area contributed by atoms with Crippen LogP contribution in [0.1, 0.15) is 110 Å². The van der Waals surface area contributed by atoms with E-state index in [1.165, 1.54) is 89.9 Å². The number of ether oxygens (including phenoxy) is 1. The Morgan fingerprint density at radius 1 is 0.679 bits per heavy atom. The van der Waals surface area contributed by atoms with Crippen LogP contribution in [0.5, 0.6) is 0 Å². The van der Waals surface area contributed by atoms with Gasteiger partial charge in [-0.05, 0) is 6.42 Å². The van der Waals surface area contributed by atoms with Crippen LogP contribution in [0.3, 0.4) is 0 Å². The summed E-state index contributed by atoms with van der Waals surface area (Å²) in [6, 6.07) is 0. The van der Waals surface area contributed by atoms with Gasteiger partial charge in [0.2, 0.25) is 0 Å². The molecule has 0 spiro atoms. The van der Waals surface area contributed by atoms with E-state index in [9.17, 15) is 9.67 Å². The minimum atomic E-state index is -4.51. The highest BCUT2D eigenvalue weighted by Gasteiger charge is 2.16. The number of unbranched alkanes of at least 4 members (excludes halogenated alkanes) is 15. The van der Waals surface area contributed by atoms with Crippen LogP contribution in [-0.4, -0.2) is 40.8 Å². The van der Waals surface area contributed by atoms with Crippen LogP contribution in [0.15, 0.2) is 0 Å². The van der Waals surface area contributed by atoms with E-state index in [1.807, 2.05) is 0 Å². The Bertz CT molecular complexity index is 361. The molecule has 6 nitrogen and oxygen atoms in total. The van der Waals surface area contributed by atoms with Crippen molar-refractivity contribution >= 4 is 7.82 Å². The zero-order chi connectivity index (χ0) is 20.9. The van der Waals surface area contributed by atoms with Gasteiger partial charge >= 0.3 is 7.82 Å². The molecule has 0 amide bonds. The maximum Gasteiger partial charge on any atom is 0.469 e. The van der Waals surface area contributed by atoms with Crippen molar-refractivity contribution in [3.05, 3.63) is 0 Å². The molecule has 0 saturated carbocycles. The Balaban J connectivity index is 3.13. The van der Waals surface area contributed by atoms with Crippen LogP contribution in [-0.2, 0) is 13.8 Å². The number of phosphoric acid groups is 1. The summed E-state index contributed by atoms with van der Waals surface area (Å²) in [6.07, 6.45) is 20.2. The third-order valence-electron chi connectivity index (χ3n) is 4.89. The quantitative estimate of drug-likeness (QED) is 0.152. The Labute approximate surface area is 172 Å². The fourth-order valence-electron chi connectivity index (χ4n) is 3.20. The van der Waals surface area contributed by atoms with Crippen molar-refractivity contribution in [1.29, 1.82) is 0 Å². The summed E-state index contributed by atoms with van der Waals surface area (Å²) in [4.78, 5) is 17.1. The smallest absolute Gasteiger partial charge is 0.388 e. The van der Waals surface area contributed by atoms with E-state index < -0.39 is 20.5 Å². The van der Waals surface area contributed by atoms with Crippen molar-refractivity contribution < 1.29 is 28.7 Å². The third-order valence-corrected chi connectivity index (χ3v) is 5.37. The van der Waals surface area contributed by atoms with E-state index in [0.717, 1.165) is 12.8 Å². The van der Waals surface area contributed by atoms with E-state index in [2.05, 4.69) is 11.4 Å². The van der Waals surface area contributed by atoms with Gasteiger partial charge in [0.15, 0.2) is 0 Å². The highest BCUT2D eigenvalue weighted by molar-refractivity contribution is 7.46. The zero-order valence-corrected chi connectivity index (χ0v) is 18.9. The van der Waals surface area contributed by atoms with Crippen LogP contribution in [0, 0.1) is 0 Å². The van der Waals surface area contributed by atoms with Crippen LogP contribution in [0.2, 0.25) is 0 Å². The Morgan fingerprint density at radius 2 is 1.07 bits per heavy atom. The monoisotopic (exact) mass is 424 g/mol. The van der Waals surface area contributed by atoms with Crippen LogP contribution in [0.25, 0.3) is 0 Å². The largest absolute Gasteiger partial charge is 0.469 e. The molecule has 0 fully saturated rings. The average molecular weight is 425 g/mol. The third kappa shape index (κ3) is 24.1. The van der Waals surface area contributed by atoms with Crippen molar-refractivity contribution in [2.75, 3.05) is 19.8 Å². The van der Waals surface area contributed by atoms with Crippen LogP contribution >= 0.6 is 7.82 Å².